The number of carbonyl (C=O) groups excluding carboxylic acids is 2. The molecule has 2 amide bonds. The fraction of sp³-hybridized carbons (Fsp3) is 0.308. The quantitative estimate of drug-likeness (QED) is 0.375. The maximum atomic E-state index is 12.9. The summed E-state index contributed by atoms with van der Waals surface area (Å²) in [7, 11) is 0. The average Bonchev–Trinajstić information content (AvgIpc) is 3.47. The summed E-state index contributed by atoms with van der Waals surface area (Å²) >= 11 is 0. The molecule has 4 N–H and O–H groups in total. The van der Waals surface area contributed by atoms with Crippen LogP contribution in [0.1, 0.15) is 36.6 Å². The molecule has 2 aromatic carbocycles. The lowest BCUT2D eigenvalue weighted by molar-refractivity contribution is -0.146. The third kappa shape index (κ3) is 5.34. The van der Waals surface area contributed by atoms with Gasteiger partial charge in [-0.05, 0) is 36.1 Å². The van der Waals surface area contributed by atoms with E-state index in [0.717, 1.165) is 22.3 Å². The second kappa shape index (κ2) is 10.0. The highest BCUT2D eigenvalue weighted by molar-refractivity contribution is 5.86. The van der Waals surface area contributed by atoms with Gasteiger partial charge < -0.3 is 25.5 Å². The molecule has 9 heteroatoms. The summed E-state index contributed by atoms with van der Waals surface area (Å²) in [5.41, 5.74) is 3.90. The van der Waals surface area contributed by atoms with E-state index in [1.807, 2.05) is 36.4 Å². The Kier molecular flexibility index (Phi) is 6.86. The van der Waals surface area contributed by atoms with Crippen molar-refractivity contribution in [2.24, 2.45) is 5.41 Å². The second-order valence-electron chi connectivity index (χ2n) is 9.21. The minimum absolute atomic E-state index is 0.0903. The number of carbonyl (C=O) groups is 3. The molecule has 0 saturated carbocycles. The normalized spacial score (nSPS) is 13.4. The number of benzene rings is 2. The number of carboxylic acid groups (broad SMARTS) is 1. The Morgan fingerprint density at radius 2 is 1.71 bits per heavy atom. The molecule has 182 valence electrons. The van der Waals surface area contributed by atoms with Gasteiger partial charge >= 0.3 is 12.1 Å². The first-order valence-corrected chi connectivity index (χ1v) is 11.4. The van der Waals surface area contributed by atoms with E-state index >= 15 is 0 Å². The van der Waals surface area contributed by atoms with Gasteiger partial charge in [0.25, 0.3) is 0 Å². The number of aromatic amines is 1. The highest BCUT2D eigenvalue weighted by Gasteiger charge is 2.31. The summed E-state index contributed by atoms with van der Waals surface area (Å²) < 4.78 is 5.57. The lowest BCUT2D eigenvalue weighted by Crippen LogP contribution is -2.51. The number of nitrogens with one attached hydrogen (secondary N) is 3. The molecule has 1 aliphatic carbocycles. The lowest BCUT2D eigenvalue weighted by Gasteiger charge is -2.23. The Labute approximate surface area is 202 Å². The van der Waals surface area contributed by atoms with E-state index in [-0.39, 0.29) is 25.5 Å². The molecule has 0 fully saturated rings. The van der Waals surface area contributed by atoms with Gasteiger partial charge in [0.2, 0.25) is 5.91 Å². The second-order valence-corrected chi connectivity index (χ2v) is 9.21. The number of ether oxygens (including phenoxy) is 1. The van der Waals surface area contributed by atoms with Crippen molar-refractivity contribution in [1.29, 1.82) is 0 Å². The molecular weight excluding hydrogens is 448 g/mol. The fourth-order valence-corrected chi connectivity index (χ4v) is 4.11. The number of fused-ring (bicyclic) bond motifs is 3. The molecule has 3 aromatic rings. The van der Waals surface area contributed by atoms with Crippen LogP contribution in [0.4, 0.5) is 4.79 Å². The first-order chi connectivity index (χ1) is 16.8. The van der Waals surface area contributed by atoms with Crippen molar-refractivity contribution >= 4 is 18.0 Å². The van der Waals surface area contributed by atoms with Crippen LogP contribution in [0.3, 0.4) is 0 Å². The summed E-state index contributed by atoms with van der Waals surface area (Å²) in [6.45, 7) is 3.05. The molecule has 35 heavy (non-hydrogen) atoms. The Morgan fingerprint density at radius 1 is 1.09 bits per heavy atom. The smallest absolute Gasteiger partial charge is 0.407 e. The topological polar surface area (TPSA) is 133 Å². The van der Waals surface area contributed by atoms with E-state index in [1.54, 1.807) is 6.20 Å². The van der Waals surface area contributed by atoms with Crippen molar-refractivity contribution in [2.75, 3.05) is 13.2 Å². The number of aromatic nitrogens is 2. The number of aliphatic carboxylic acids is 1. The zero-order valence-electron chi connectivity index (χ0n) is 19.6. The molecule has 4 rings (SSSR count). The SMILES string of the molecule is CC(C)(CNC(=O)C(Cc1cnc[nH]1)NC(=O)OCC1c2ccccc2-c2ccccc21)C(=O)O. The van der Waals surface area contributed by atoms with Crippen molar-refractivity contribution in [2.45, 2.75) is 32.2 Å². The third-order valence-electron chi connectivity index (χ3n) is 6.21. The zero-order chi connectivity index (χ0) is 25.0. The number of carboxylic acids is 1. The van der Waals surface area contributed by atoms with Crippen LogP contribution in [-0.4, -0.2) is 52.2 Å². The molecule has 1 heterocycles. The number of nitrogens with zero attached hydrogens (tertiary/aromatic N) is 1. The predicted molar refractivity (Wildman–Crippen MR) is 129 cm³/mol. The molecular formula is C26H28N4O5. The van der Waals surface area contributed by atoms with Crippen LogP contribution in [-0.2, 0) is 20.7 Å². The number of hydrogen-bond acceptors (Lipinski definition) is 5. The van der Waals surface area contributed by atoms with Crippen LogP contribution < -0.4 is 10.6 Å². The van der Waals surface area contributed by atoms with Gasteiger partial charge in [-0.3, -0.25) is 9.59 Å². The van der Waals surface area contributed by atoms with Gasteiger partial charge in [0.05, 0.1) is 11.7 Å². The van der Waals surface area contributed by atoms with Crippen LogP contribution >= 0.6 is 0 Å². The highest BCUT2D eigenvalue weighted by atomic mass is 16.5. The summed E-state index contributed by atoms with van der Waals surface area (Å²) in [6.07, 6.45) is 2.44. The first-order valence-electron chi connectivity index (χ1n) is 11.4. The van der Waals surface area contributed by atoms with E-state index in [9.17, 15) is 19.5 Å². The molecule has 0 spiro atoms. The number of amides is 2. The number of rotatable bonds is 9. The number of hydrogen-bond donors (Lipinski definition) is 4. The molecule has 1 aromatic heterocycles. The maximum Gasteiger partial charge on any atom is 0.407 e. The zero-order valence-corrected chi connectivity index (χ0v) is 19.6. The van der Waals surface area contributed by atoms with Gasteiger partial charge in [-0.25, -0.2) is 9.78 Å². The van der Waals surface area contributed by atoms with Crippen molar-refractivity contribution in [3.63, 3.8) is 0 Å². The molecule has 1 aliphatic rings. The summed E-state index contributed by atoms with van der Waals surface area (Å²) in [5, 5.41) is 14.5. The van der Waals surface area contributed by atoms with Crippen molar-refractivity contribution < 1.29 is 24.2 Å². The van der Waals surface area contributed by atoms with Crippen LogP contribution in [0.25, 0.3) is 11.1 Å². The highest BCUT2D eigenvalue weighted by Crippen LogP contribution is 2.44. The van der Waals surface area contributed by atoms with E-state index < -0.39 is 29.4 Å². The van der Waals surface area contributed by atoms with E-state index in [1.165, 1.54) is 20.2 Å². The van der Waals surface area contributed by atoms with Gasteiger partial charge in [-0.2, -0.15) is 0 Å². The fourth-order valence-electron chi connectivity index (χ4n) is 4.11. The predicted octanol–water partition coefficient (Wildman–Crippen LogP) is 3.09. The third-order valence-corrected chi connectivity index (χ3v) is 6.21. The maximum absolute atomic E-state index is 12.9. The molecule has 0 radical (unpaired) electrons. The molecule has 1 atom stereocenters. The van der Waals surface area contributed by atoms with Gasteiger partial charge in [0.15, 0.2) is 0 Å². The Hall–Kier alpha value is -4.14. The van der Waals surface area contributed by atoms with E-state index in [2.05, 4.69) is 32.7 Å². The largest absolute Gasteiger partial charge is 0.481 e. The van der Waals surface area contributed by atoms with Crippen LogP contribution in [0, 0.1) is 5.41 Å². The summed E-state index contributed by atoms with van der Waals surface area (Å²) in [4.78, 5) is 43.8. The number of imidazole rings is 1. The minimum Gasteiger partial charge on any atom is -0.481 e. The molecule has 0 saturated heterocycles. The van der Waals surface area contributed by atoms with Crippen molar-refractivity contribution in [1.82, 2.24) is 20.6 Å². The standard InChI is InChI=1S/C26H28N4O5/c1-26(2,24(32)33)14-28-23(31)22(11-16-12-27-15-29-16)30-25(34)35-13-21-19-9-5-3-7-17(19)18-8-4-6-10-20(18)21/h3-10,12,15,21-22H,11,13-14H2,1-2H3,(H,27,29)(H,28,31)(H,30,34)(H,32,33). The first kappa shape index (κ1) is 24.0. The Morgan fingerprint density at radius 3 is 2.29 bits per heavy atom. The lowest BCUT2D eigenvalue weighted by atomic mass is 9.94. The van der Waals surface area contributed by atoms with Gasteiger partial charge in [0, 0.05) is 30.8 Å². The Bertz CT molecular complexity index is 1180. The number of alkyl carbamates (subject to hydrolysis) is 1. The molecule has 0 aliphatic heterocycles. The van der Waals surface area contributed by atoms with Crippen LogP contribution in [0.15, 0.2) is 61.1 Å². The summed E-state index contributed by atoms with van der Waals surface area (Å²) in [6, 6.07) is 15.1. The summed E-state index contributed by atoms with van der Waals surface area (Å²) in [5.74, 6) is -1.65. The average molecular weight is 477 g/mol. The van der Waals surface area contributed by atoms with Crippen molar-refractivity contribution in [3.8, 4) is 11.1 Å². The van der Waals surface area contributed by atoms with E-state index in [4.69, 9.17) is 4.74 Å². The molecule has 9 nitrogen and oxygen atoms in total. The monoisotopic (exact) mass is 476 g/mol. The minimum atomic E-state index is -1.15. The van der Waals surface area contributed by atoms with E-state index in [0.29, 0.717) is 5.69 Å². The van der Waals surface area contributed by atoms with Crippen LogP contribution in [0.2, 0.25) is 0 Å². The molecule has 1 unspecified atom stereocenters. The number of H-pyrrole nitrogens is 1. The van der Waals surface area contributed by atoms with Crippen molar-refractivity contribution in [3.05, 3.63) is 77.9 Å². The van der Waals surface area contributed by atoms with Gasteiger partial charge in [0.1, 0.15) is 12.6 Å². The molecule has 0 bridgehead atoms. The Balaban J connectivity index is 1.43. The van der Waals surface area contributed by atoms with Gasteiger partial charge in [-0.15, -0.1) is 0 Å². The van der Waals surface area contributed by atoms with Gasteiger partial charge in [-0.1, -0.05) is 48.5 Å². The van der Waals surface area contributed by atoms with Crippen LogP contribution in [0.5, 0.6) is 0 Å².